The van der Waals surface area contributed by atoms with Crippen molar-refractivity contribution in [1.29, 1.82) is 0 Å². The highest BCUT2D eigenvalue weighted by Gasteiger charge is 2.35. The van der Waals surface area contributed by atoms with Gasteiger partial charge in [0.2, 0.25) is 0 Å². The van der Waals surface area contributed by atoms with Crippen molar-refractivity contribution < 1.29 is 14.6 Å². The van der Waals surface area contributed by atoms with Crippen molar-refractivity contribution in [1.82, 2.24) is 0 Å². The van der Waals surface area contributed by atoms with Gasteiger partial charge in [0.15, 0.2) is 0 Å². The minimum absolute atomic E-state index is 0.207. The molecule has 4 heteroatoms. The maximum absolute atomic E-state index is 9.92. The first kappa shape index (κ1) is 15.6. The molecule has 0 saturated carbocycles. The van der Waals surface area contributed by atoms with Gasteiger partial charge in [0.05, 0.1) is 12.7 Å². The molecule has 0 radical (unpaired) electrons. The van der Waals surface area contributed by atoms with E-state index in [1.165, 1.54) is 0 Å². The molecule has 1 N–H and O–H groups in total. The second-order valence-corrected chi connectivity index (χ2v) is 6.95. The Labute approximate surface area is 107 Å². The molecule has 0 aliphatic rings. The van der Waals surface area contributed by atoms with Crippen LogP contribution in [-0.2, 0) is 9.47 Å². The Kier molecular flexibility index (Phi) is 6.63. The molecule has 0 aliphatic heterocycles. The lowest BCUT2D eigenvalue weighted by atomic mass is 9.81. The van der Waals surface area contributed by atoms with Gasteiger partial charge in [-0.05, 0) is 48.3 Å². The molecule has 0 fully saturated rings. The van der Waals surface area contributed by atoms with E-state index in [-0.39, 0.29) is 9.02 Å². The summed E-state index contributed by atoms with van der Waals surface area (Å²) in [6.45, 7) is 9.15. The highest BCUT2D eigenvalue weighted by atomic mass is 127. The molecule has 92 valence electrons. The summed E-state index contributed by atoms with van der Waals surface area (Å²) in [5, 5.41) is 9.92. The van der Waals surface area contributed by atoms with E-state index in [4.69, 9.17) is 9.47 Å². The Morgan fingerprint density at radius 1 is 1.33 bits per heavy atom. The van der Waals surface area contributed by atoms with E-state index in [0.29, 0.717) is 13.2 Å². The van der Waals surface area contributed by atoms with Crippen LogP contribution < -0.4 is 0 Å². The zero-order valence-corrected chi connectivity index (χ0v) is 12.5. The Morgan fingerprint density at radius 3 is 2.27 bits per heavy atom. The molecule has 0 heterocycles. The first-order valence-corrected chi connectivity index (χ1v) is 6.33. The quantitative estimate of drug-likeness (QED) is 0.576. The van der Waals surface area contributed by atoms with Gasteiger partial charge in [0, 0.05) is 13.7 Å². The highest BCUT2D eigenvalue weighted by Crippen LogP contribution is 2.37. The molecule has 0 bridgehead atoms. The van der Waals surface area contributed by atoms with Gasteiger partial charge in [-0.1, -0.05) is 13.8 Å². The van der Waals surface area contributed by atoms with Crippen molar-refractivity contribution in [3.63, 3.8) is 0 Å². The number of alkyl halides is 1. The van der Waals surface area contributed by atoms with Crippen molar-refractivity contribution in [2.24, 2.45) is 5.41 Å². The molecule has 0 aromatic carbocycles. The lowest BCUT2D eigenvalue weighted by molar-refractivity contribution is -0.0490. The summed E-state index contributed by atoms with van der Waals surface area (Å²) >= 11 is 2.29. The van der Waals surface area contributed by atoms with Crippen LogP contribution in [0.5, 0.6) is 0 Å². The zero-order chi connectivity index (χ0) is 12.1. The fourth-order valence-electron chi connectivity index (χ4n) is 1.67. The number of aliphatic hydroxyl groups is 1. The van der Waals surface area contributed by atoms with Crippen molar-refractivity contribution in [2.45, 2.75) is 43.8 Å². The van der Waals surface area contributed by atoms with E-state index in [1.54, 1.807) is 7.11 Å². The van der Waals surface area contributed by atoms with Gasteiger partial charge in [-0.3, -0.25) is 0 Å². The first-order chi connectivity index (χ1) is 6.75. The van der Waals surface area contributed by atoms with E-state index in [2.05, 4.69) is 22.6 Å². The highest BCUT2D eigenvalue weighted by molar-refractivity contribution is 14.1. The van der Waals surface area contributed by atoms with Crippen molar-refractivity contribution >= 4 is 22.6 Å². The van der Waals surface area contributed by atoms with E-state index in [1.807, 2.05) is 27.7 Å². The van der Waals surface area contributed by atoms with Crippen molar-refractivity contribution in [2.75, 3.05) is 20.3 Å². The number of ether oxygens (including phenoxy) is 2. The van der Waals surface area contributed by atoms with E-state index >= 15 is 0 Å². The van der Waals surface area contributed by atoms with Crippen LogP contribution in [0.15, 0.2) is 0 Å². The SMILES string of the molecule is CCOC(C)(I)CC(C)(C)C(O)COC. The van der Waals surface area contributed by atoms with Gasteiger partial charge in [-0.15, -0.1) is 0 Å². The number of rotatable bonds is 7. The third-order valence-electron chi connectivity index (χ3n) is 2.44. The third-order valence-corrected chi connectivity index (χ3v) is 3.14. The number of hydrogen-bond donors (Lipinski definition) is 1. The van der Waals surface area contributed by atoms with Gasteiger partial charge >= 0.3 is 0 Å². The summed E-state index contributed by atoms with van der Waals surface area (Å²) < 4.78 is 10.4. The summed E-state index contributed by atoms with van der Waals surface area (Å²) in [7, 11) is 1.60. The summed E-state index contributed by atoms with van der Waals surface area (Å²) in [4.78, 5) is 0. The van der Waals surface area contributed by atoms with Gasteiger partial charge in [-0.25, -0.2) is 0 Å². The number of methoxy groups -OCH3 is 1. The average molecular weight is 330 g/mol. The Balaban J connectivity index is 4.34. The Morgan fingerprint density at radius 2 is 1.87 bits per heavy atom. The lowest BCUT2D eigenvalue weighted by Gasteiger charge is -2.36. The molecule has 2 unspecified atom stereocenters. The van der Waals surface area contributed by atoms with Gasteiger partial charge in [0.25, 0.3) is 0 Å². The van der Waals surface area contributed by atoms with Gasteiger partial charge in [0.1, 0.15) is 3.61 Å². The summed E-state index contributed by atoms with van der Waals surface area (Å²) in [6.07, 6.45) is 0.330. The van der Waals surface area contributed by atoms with E-state index in [9.17, 15) is 5.11 Å². The summed E-state index contributed by atoms with van der Waals surface area (Å²) in [5.41, 5.74) is -0.207. The number of halogens is 1. The molecular formula is C11H23IO3. The average Bonchev–Trinajstić information content (AvgIpc) is 2.01. The van der Waals surface area contributed by atoms with Crippen LogP contribution in [0.25, 0.3) is 0 Å². The van der Waals surface area contributed by atoms with Gasteiger partial charge < -0.3 is 14.6 Å². The molecule has 0 rings (SSSR count). The van der Waals surface area contributed by atoms with E-state index < -0.39 is 6.10 Å². The molecule has 0 aliphatic carbocycles. The lowest BCUT2D eigenvalue weighted by Crippen LogP contribution is -2.39. The maximum Gasteiger partial charge on any atom is 0.116 e. The molecule has 0 aromatic heterocycles. The fraction of sp³-hybridized carbons (Fsp3) is 1.00. The smallest absolute Gasteiger partial charge is 0.116 e. The third kappa shape index (κ3) is 6.04. The Bertz CT molecular complexity index is 181. The van der Waals surface area contributed by atoms with Crippen LogP contribution in [0.4, 0.5) is 0 Å². The monoisotopic (exact) mass is 330 g/mol. The predicted octanol–water partition coefficient (Wildman–Crippen LogP) is 2.60. The maximum atomic E-state index is 9.92. The van der Waals surface area contributed by atoms with Crippen molar-refractivity contribution in [3.8, 4) is 0 Å². The zero-order valence-electron chi connectivity index (χ0n) is 10.3. The minimum atomic E-state index is -0.461. The molecule has 0 spiro atoms. The molecule has 0 saturated heterocycles. The Hall–Kier alpha value is 0.610. The van der Waals surface area contributed by atoms with Crippen LogP contribution in [0.3, 0.4) is 0 Å². The first-order valence-electron chi connectivity index (χ1n) is 5.25. The molecule has 15 heavy (non-hydrogen) atoms. The molecule has 0 amide bonds. The predicted molar refractivity (Wildman–Crippen MR) is 70.3 cm³/mol. The summed E-state index contributed by atoms with van der Waals surface area (Å²) in [6, 6.07) is 0. The molecular weight excluding hydrogens is 307 g/mol. The van der Waals surface area contributed by atoms with Crippen LogP contribution in [0, 0.1) is 5.41 Å². The molecule has 0 aromatic rings. The second-order valence-electron chi connectivity index (χ2n) is 4.67. The standard InChI is InChI=1S/C11H23IO3/c1-6-15-11(4,12)8-10(2,3)9(13)7-14-5/h9,13H,6-8H2,1-5H3. The second kappa shape index (κ2) is 6.37. The molecule has 3 nitrogen and oxygen atoms in total. The largest absolute Gasteiger partial charge is 0.390 e. The number of hydrogen-bond acceptors (Lipinski definition) is 3. The van der Waals surface area contributed by atoms with Crippen LogP contribution >= 0.6 is 22.6 Å². The normalized spacial score (nSPS) is 18.6. The van der Waals surface area contributed by atoms with Gasteiger partial charge in [-0.2, -0.15) is 0 Å². The number of aliphatic hydroxyl groups excluding tert-OH is 1. The van der Waals surface area contributed by atoms with Crippen LogP contribution in [-0.4, -0.2) is 35.1 Å². The topological polar surface area (TPSA) is 38.7 Å². The van der Waals surface area contributed by atoms with Crippen LogP contribution in [0.1, 0.15) is 34.1 Å². The molecule has 2 atom stereocenters. The fourth-order valence-corrected chi connectivity index (χ4v) is 2.96. The van der Waals surface area contributed by atoms with Crippen molar-refractivity contribution in [3.05, 3.63) is 0 Å². The summed E-state index contributed by atoms with van der Waals surface area (Å²) in [5.74, 6) is 0. The van der Waals surface area contributed by atoms with Crippen LogP contribution in [0.2, 0.25) is 0 Å². The van der Waals surface area contributed by atoms with E-state index in [0.717, 1.165) is 6.42 Å². The minimum Gasteiger partial charge on any atom is -0.390 e.